The number of methoxy groups -OCH3 is 1. The van der Waals surface area contributed by atoms with E-state index in [4.69, 9.17) is 4.74 Å². The van der Waals surface area contributed by atoms with Crippen molar-refractivity contribution in [3.63, 3.8) is 0 Å². The number of ether oxygens (including phenoxy) is 1. The summed E-state index contributed by atoms with van der Waals surface area (Å²) in [5.41, 5.74) is 0.693. The average molecular weight is 403 g/mol. The van der Waals surface area contributed by atoms with E-state index in [0.29, 0.717) is 17.1 Å². The van der Waals surface area contributed by atoms with E-state index >= 15 is 0 Å². The van der Waals surface area contributed by atoms with Gasteiger partial charge in [0.1, 0.15) is 5.75 Å². The van der Waals surface area contributed by atoms with Gasteiger partial charge in [-0.25, -0.2) is 13.2 Å². The maximum absolute atomic E-state index is 13.2. The van der Waals surface area contributed by atoms with Gasteiger partial charge in [0.25, 0.3) is 5.69 Å². The van der Waals surface area contributed by atoms with Crippen LogP contribution in [0.4, 0.5) is 21.9 Å². The average Bonchev–Trinajstić information content (AvgIpc) is 3.10. The van der Waals surface area contributed by atoms with Crippen LogP contribution in [0.5, 0.6) is 5.75 Å². The molecule has 2 amide bonds. The molecular formula is C18H17N3O6S. The maximum Gasteiger partial charge on any atom is 0.329 e. The van der Waals surface area contributed by atoms with Gasteiger partial charge in [0, 0.05) is 17.8 Å². The van der Waals surface area contributed by atoms with Crippen LogP contribution in [-0.2, 0) is 9.84 Å². The summed E-state index contributed by atoms with van der Waals surface area (Å²) < 4.78 is 29.7. The molecule has 2 aromatic carbocycles. The molecule has 0 unspecified atom stereocenters. The van der Waals surface area contributed by atoms with Gasteiger partial charge in [-0.1, -0.05) is 6.07 Å². The van der Waals surface area contributed by atoms with Crippen LogP contribution in [0.1, 0.15) is 0 Å². The number of rotatable bonds is 4. The Hall–Kier alpha value is -3.14. The van der Waals surface area contributed by atoms with E-state index in [1.807, 2.05) is 0 Å². The zero-order valence-corrected chi connectivity index (χ0v) is 15.7. The predicted octanol–water partition coefficient (Wildman–Crippen LogP) is 2.22. The summed E-state index contributed by atoms with van der Waals surface area (Å²) in [6.07, 6.45) is 0. The van der Waals surface area contributed by atoms with Crippen molar-refractivity contribution in [1.82, 2.24) is 0 Å². The molecule has 0 radical (unpaired) electrons. The highest BCUT2D eigenvalue weighted by Crippen LogP contribution is 2.39. The molecule has 2 atom stereocenters. The van der Waals surface area contributed by atoms with Crippen LogP contribution in [0.3, 0.4) is 0 Å². The minimum absolute atomic E-state index is 0.152. The molecule has 2 aromatic rings. The zero-order chi connectivity index (χ0) is 20.1. The molecule has 0 aliphatic carbocycles. The van der Waals surface area contributed by atoms with E-state index in [2.05, 4.69) is 0 Å². The Bertz CT molecular complexity index is 1050. The number of anilines is 2. The number of amides is 2. The SMILES string of the molecule is COc1ccc(N2C(=O)N(c3cccc([N+](=O)[O-])c3)[C@@H]3CS(=O)(=O)C[C@H]32)cc1. The second kappa shape index (κ2) is 6.48. The predicted molar refractivity (Wildman–Crippen MR) is 103 cm³/mol. The Morgan fingerprint density at radius 3 is 2.21 bits per heavy atom. The van der Waals surface area contributed by atoms with E-state index in [-0.39, 0.29) is 17.2 Å². The molecule has 28 heavy (non-hydrogen) atoms. The number of hydrogen-bond acceptors (Lipinski definition) is 6. The number of benzene rings is 2. The van der Waals surface area contributed by atoms with Crippen molar-refractivity contribution < 1.29 is 22.9 Å². The quantitative estimate of drug-likeness (QED) is 0.440. The Morgan fingerprint density at radius 1 is 1.04 bits per heavy atom. The molecule has 146 valence electrons. The van der Waals surface area contributed by atoms with Gasteiger partial charge in [0.15, 0.2) is 9.84 Å². The van der Waals surface area contributed by atoms with Gasteiger partial charge in [-0.3, -0.25) is 19.9 Å². The number of urea groups is 1. The van der Waals surface area contributed by atoms with E-state index in [0.717, 1.165) is 0 Å². The highest BCUT2D eigenvalue weighted by molar-refractivity contribution is 7.91. The first-order valence-electron chi connectivity index (χ1n) is 8.52. The third-order valence-electron chi connectivity index (χ3n) is 5.04. The Labute approximate surface area is 161 Å². The summed E-state index contributed by atoms with van der Waals surface area (Å²) in [7, 11) is -1.82. The number of nitro groups is 1. The van der Waals surface area contributed by atoms with Crippen molar-refractivity contribution >= 4 is 32.9 Å². The molecule has 0 N–H and O–H groups in total. The van der Waals surface area contributed by atoms with Crippen LogP contribution in [0.25, 0.3) is 0 Å². The molecule has 0 aromatic heterocycles. The lowest BCUT2D eigenvalue weighted by molar-refractivity contribution is -0.384. The molecule has 2 fully saturated rings. The van der Waals surface area contributed by atoms with Crippen LogP contribution in [0.2, 0.25) is 0 Å². The molecule has 0 spiro atoms. The lowest BCUT2D eigenvalue weighted by Crippen LogP contribution is -2.37. The fraction of sp³-hybridized carbons (Fsp3) is 0.278. The van der Waals surface area contributed by atoms with Gasteiger partial charge < -0.3 is 4.74 Å². The first-order chi connectivity index (χ1) is 13.3. The monoisotopic (exact) mass is 403 g/mol. The molecular weight excluding hydrogens is 386 g/mol. The largest absolute Gasteiger partial charge is 0.497 e. The lowest BCUT2D eigenvalue weighted by Gasteiger charge is -2.22. The zero-order valence-electron chi connectivity index (χ0n) is 14.9. The van der Waals surface area contributed by atoms with Crippen molar-refractivity contribution in [2.24, 2.45) is 0 Å². The lowest BCUT2D eigenvalue weighted by atomic mass is 10.1. The fourth-order valence-electron chi connectivity index (χ4n) is 3.81. The van der Waals surface area contributed by atoms with Crippen molar-refractivity contribution in [3.8, 4) is 5.75 Å². The van der Waals surface area contributed by atoms with E-state index in [1.165, 1.54) is 35.1 Å². The molecule has 9 nitrogen and oxygen atoms in total. The number of non-ortho nitro benzene ring substituents is 1. The van der Waals surface area contributed by atoms with Gasteiger partial charge >= 0.3 is 6.03 Å². The topological polar surface area (TPSA) is 110 Å². The molecule has 2 heterocycles. The Kier molecular flexibility index (Phi) is 4.22. The Balaban J connectivity index is 1.78. The summed E-state index contributed by atoms with van der Waals surface area (Å²) in [5.74, 6) is 0.279. The molecule has 2 saturated heterocycles. The van der Waals surface area contributed by atoms with Crippen LogP contribution < -0.4 is 14.5 Å². The second-order valence-corrected chi connectivity index (χ2v) is 8.86. The minimum atomic E-state index is -3.34. The van der Waals surface area contributed by atoms with Crippen LogP contribution in [0, 0.1) is 10.1 Å². The van der Waals surface area contributed by atoms with Crippen molar-refractivity contribution in [2.75, 3.05) is 28.4 Å². The third-order valence-corrected chi connectivity index (χ3v) is 6.74. The van der Waals surface area contributed by atoms with Crippen molar-refractivity contribution in [1.29, 1.82) is 0 Å². The highest BCUT2D eigenvalue weighted by atomic mass is 32.2. The summed E-state index contributed by atoms with van der Waals surface area (Å²) in [6.45, 7) is 0. The van der Waals surface area contributed by atoms with Gasteiger partial charge in [0.05, 0.1) is 41.3 Å². The molecule has 4 rings (SSSR count). The normalized spacial score (nSPS) is 23.0. The number of sulfone groups is 1. The standard InChI is InChI=1S/C18H17N3O6S/c1-27-15-7-5-12(6-8-15)19-16-10-28(25,26)11-17(16)20(18(19)22)13-3-2-4-14(9-13)21(23)24/h2-9,16-17H,10-11H2,1H3/t16-,17-/m1/s1. The first kappa shape index (κ1) is 18.2. The molecule has 2 aliphatic heterocycles. The number of nitro benzene ring substituents is 1. The minimum Gasteiger partial charge on any atom is -0.497 e. The third kappa shape index (κ3) is 2.95. The number of carbonyl (C=O) groups excluding carboxylic acids is 1. The molecule has 0 bridgehead atoms. The Morgan fingerprint density at radius 2 is 1.64 bits per heavy atom. The maximum atomic E-state index is 13.2. The highest BCUT2D eigenvalue weighted by Gasteiger charge is 2.54. The van der Waals surface area contributed by atoms with E-state index < -0.39 is 32.9 Å². The van der Waals surface area contributed by atoms with Crippen LogP contribution in [-0.4, -0.2) is 50.1 Å². The van der Waals surface area contributed by atoms with Gasteiger partial charge in [-0.05, 0) is 30.3 Å². The number of hydrogen-bond donors (Lipinski definition) is 0. The summed E-state index contributed by atoms with van der Waals surface area (Å²) >= 11 is 0. The first-order valence-corrected chi connectivity index (χ1v) is 10.3. The van der Waals surface area contributed by atoms with Crippen LogP contribution >= 0.6 is 0 Å². The van der Waals surface area contributed by atoms with E-state index in [1.54, 1.807) is 30.3 Å². The van der Waals surface area contributed by atoms with E-state index in [9.17, 15) is 23.3 Å². The van der Waals surface area contributed by atoms with Gasteiger partial charge in [-0.2, -0.15) is 0 Å². The molecule has 2 aliphatic rings. The smallest absolute Gasteiger partial charge is 0.329 e. The van der Waals surface area contributed by atoms with Crippen molar-refractivity contribution in [2.45, 2.75) is 12.1 Å². The van der Waals surface area contributed by atoms with Crippen molar-refractivity contribution in [3.05, 3.63) is 58.6 Å². The van der Waals surface area contributed by atoms with Gasteiger partial charge in [-0.15, -0.1) is 0 Å². The summed E-state index contributed by atoms with van der Waals surface area (Å²) in [5, 5.41) is 11.1. The second-order valence-electron chi connectivity index (χ2n) is 6.71. The molecule has 10 heteroatoms. The number of carbonyl (C=O) groups is 1. The molecule has 0 saturated carbocycles. The summed E-state index contributed by atoms with van der Waals surface area (Å²) in [4.78, 5) is 26.6. The number of nitrogens with zero attached hydrogens (tertiary/aromatic N) is 3. The summed E-state index contributed by atoms with van der Waals surface area (Å²) in [6, 6.07) is 10.9. The number of fused-ring (bicyclic) bond motifs is 1. The fourth-order valence-corrected chi connectivity index (χ4v) is 5.73. The van der Waals surface area contributed by atoms with Gasteiger partial charge in [0.2, 0.25) is 0 Å². The van der Waals surface area contributed by atoms with Crippen LogP contribution in [0.15, 0.2) is 48.5 Å².